The molecule has 0 bridgehead atoms. The van der Waals surface area contributed by atoms with Gasteiger partial charge in [-0.2, -0.15) is 0 Å². The van der Waals surface area contributed by atoms with Crippen molar-refractivity contribution in [2.75, 3.05) is 0 Å². The molecule has 0 heterocycles. The van der Waals surface area contributed by atoms with Gasteiger partial charge in [-0.1, -0.05) is 12.1 Å². The van der Waals surface area contributed by atoms with E-state index in [4.69, 9.17) is 10.2 Å². The van der Waals surface area contributed by atoms with Crippen molar-refractivity contribution in [3.63, 3.8) is 0 Å². The summed E-state index contributed by atoms with van der Waals surface area (Å²) in [5.41, 5.74) is 0.717. The summed E-state index contributed by atoms with van der Waals surface area (Å²) in [5, 5.41) is 17.2. The molecule has 0 saturated heterocycles. The second-order valence-corrected chi connectivity index (χ2v) is 3.39. The van der Waals surface area contributed by atoms with E-state index in [1.165, 1.54) is 24.3 Å². The van der Waals surface area contributed by atoms with Gasteiger partial charge in [-0.25, -0.2) is 4.39 Å². The molecule has 0 unspecified atom stereocenters. The van der Waals surface area contributed by atoms with Crippen LogP contribution in [0.15, 0.2) is 24.3 Å². The second kappa shape index (κ2) is 5.25. The van der Waals surface area contributed by atoms with Crippen molar-refractivity contribution >= 4 is 11.9 Å². The van der Waals surface area contributed by atoms with Crippen LogP contribution in [0.4, 0.5) is 4.39 Å². The van der Waals surface area contributed by atoms with Crippen molar-refractivity contribution in [3.05, 3.63) is 35.6 Å². The van der Waals surface area contributed by atoms with Crippen LogP contribution in [0.25, 0.3) is 0 Å². The van der Waals surface area contributed by atoms with E-state index in [-0.39, 0.29) is 12.2 Å². The molecule has 0 amide bonds. The molecule has 0 aromatic heterocycles. The number of aryl methyl sites for hydroxylation is 1. The standard InChI is InChI=1S/C11H11FO4/c12-8-4-1-7(2-5-8)3-6-9(10(13)14)11(15)16/h1-2,4-5,9H,3,6H2,(H,13,14)(H,15,16). The average molecular weight is 226 g/mol. The van der Waals surface area contributed by atoms with E-state index in [0.717, 1.165) is 0 Å². The van der Waals surface area contributed by atoms with E-state index in [9.17, 15) is 14.0 Å². The van der Waals surface area contributed by atoms with Crippen molar-refractivity contribution in [3.8, 4) is 0 Å². The highest BCUT2D eigenvalue weighted by atomic mass is 19.1. The lowest BCUT2D eigenvalue weighted by Crippen LogP contribution is -2.23. The van der Waals surface area contributed by atoms with E-state index in [1.54, 1.807) is 0 Å². The summed E-state index contributed by atoms with van der Waals surface area (Å²) >= 11 is 0. The normalized spacial score (nSPS) is 10.4. The first-order valence-electron chi connectivity index (χ1n) is 4.70. The number of benzene rings is 1. The minimum absolute atomic E-state index is 0.00367. The molecule has 1 aromatic rings. The zero-order valence-corrected chi connectivity index (χ0v) is 8.39. The van der Waals surface area contributed by atoms with Crippen molar-refractivity contribution in [1.29, 1.82) is 0 Å². The Morgan fingerprint density at radius 1 is 1.12 bits per heavy atom. The zero-order valence-electron chi connectivity index (χ0n) is 8.39. The number of hydrogen-bond donors (Lipinski definition) is 2. The minimum atomic E-state index is -1.41. The van der Waals surface area contributed by atoms with Gasteiger partial charge >= 0.3 is 11.9 Å². The number of rotatable bonds is 5. The fourth-order valence-corrected chi connectivity index (χ4v) is 1.31. The topological polar surface area (TPSA) is 74.6 Å². The number of hydrogen-bond acceptors (Lipinski definition) is 2. The van der Waals surface area contributed by atoms with Gasteiger partial charge < -0.3 is 10.2 Å². The van der Waals surface area contributed by atoms with Gasteiger partial charge in [-0.05, 0) is 30.5 Å². The summed E-state index contributed by atoms with van der Waals surface area (Å²) in [7, 11) is 0. The number of carbonyl (C=O) groups is 2. The van der Waals surface area contributed by atoms with Gasteiger partial charge in [-0.3, -0.25) is 9.59 Å². The molecule has 1 rings (SSSR count). The number of carboxylic acid groups (broad SMARTS) is 2. The summed E-state index contributed by atoms with van der Waals surface area (Å²) in [6, 6.07) is 5.53. The van der Waals surface area contributed by atoms with Crippen LogP contribution in [-0.4, -0.2) is 22.2 Å². The Morgan fingerprint density at radius 2 is 1.62 bits per heavy atom. The van der Waals surface area contributed by atoms with Crippen LogP contribution in [-0.2, 0) is 16.0 Å². The SMILES string of the molecule is O=C(O)C(CCc1ccc(F)cc1)C(=O)O. The lowest BCUT2D eigenvalue weighted by Gasteiger charge is -2.06. The highest BCUT2D eigenvalue weighted by Crippen LogP contribution is 2.11. The molecule has 0 aliphatic rings. The van der Waals surface area contributed by atoms with Gasteiger partial charge in [0.1, 0.15) is 5.82 Å². The average Bonchev–Trinajstić information content (AvgIpc) is 2.20. The highest BCUT2D eigenvalue weighted by molar-refractivity contribution is 5.92. The molecule has 16 heavy (non-hydrogen) atoms. The Balaban J connectivity index is 2.59. The maximum atomic E-state index is 12.6. The zero-order chi connectivity index (χ0) is 12.1. The minimum Gasteiger partial charge on any atom is -0.481 e. The molecule has 0 saturated carbocycles. The Bertz CT molecular complexity index is 371. The molecule has 5 heteroatoms. The van der Waals surface area contributed by atoms with Crippen LogP contribution in [0.3, 0.4) is 0 Å². The Hall–Kier alpha value is -1.91. The molecule has 0 aliphatic heterocycles. The Labute approximate surface area is 91.3 Å². The quantitative estimate of drug-likeness (QED) is 0.747. The summed E-state index contributed by atoms with van der Waals surface area (Å²) < 4.78 is 12.6. The van der Waals surface area contributed by atoms with Gasteiger partial charge in [0.25, 0.3) is 0 Å². The van der Waals surface area contributed by atoms with Crippen LogP contribution in [0.5, 0.6) is 0 Å². The van der Waals surface area contributed by atoms with Crippen molar-refractivity contribution < 1.29 is 24.2 Å². The Kier molecular flexibility index (Phi) is 3.99. The van der Waals surface area contributed by atoms with Gasteiger partial charge in [0.15, 0.2) is 5.92 Å². The molecule has 0 atom stereocenters. The molecule has 0 aliphatic carbocycles. The van der Waals surface area contributed by atoms with E-state index in [1.807, 2.05) is 0 Å². The monoisotopic (exact) mass is 226 g/mol. The number of aliphatic carboxylic acids is 2. The molecule has 86 valence electrons. The number of halogens is 1. The maximum Gasteiger partial charge on any atom is 0.317 e. The number of carboxylic acids is 2. The summed E-state index contributed by atoms with van der Waals surface area (Å²) in [6.45, 7) is 0. The molecular weight excluding hydrogens is 215 g/mol. The van der Waals surface area contributed by atoms with Crippen molar-refractivity contribution in [2.24, 2.45) is 5.92 Å². The molecule has 2 N–H and O–H groups in total. The van der Waals surface area contributed by atoms with Crippen LogP contribution in [0, 0.1) is 11.7 Å². The maximum absolute atomic E-state index is 12.6. The van der Waals surface area contributed by atoms with Crippen LogP contribution in [0.2, 0.25) is 0 Å². The van der Waals surface area contributed by atoms with Gasteiger partial charge in [-0.15, -0.1) is 0 Å². The van der Waals surface area contributed by atoms with Crippen molar-refractivity contribution in [2.45, 2.75) is 12.8 Å². The predicted octanol–water partition coefficient (Wildman–Crippen LogP) is 1.54. The smallest absolute Gasteiger partial charge is 0.317 e. The molecule has 0 fully saturated rings. The first-order chi connectivity index (χ1) is 7.50. The lowest BCUT2D eigenvalue weighted by atomic mass is 10.00. The van der Waals surface area contributed by atoms with E-state index in [2.05, 4.69) is 0 Å². The molecule has 0 spiro atoms. The molecule has 0 radical (unpaired) electrons. The van der Waals surface area contributed by atoms with Gasteiger partial charge in [0.2, 0.25) is 0 Å². The Morgan fingerprint density at radius 3 is 2.06 bits per heavy atom. The highest BCUT2D eigenvalue weighted by Gasteiger charge is 2.24. The van der Waals surface area contributed by atoms with Crippen molar-refractivity contribution in [1.82, 2.24) is 0 Å². The second-order valence-electron chi connectivity index (χ2n) is 3.39. The lowest BCUT2D eigenvalue weighted by molar-refractivity contribution is -0.154. The molecule has 1 aromatic carbocycles. The summed E-state index contributed by atoms with van der Waals surface area (Å²) in [6.07, 6.45) is 0.292. The van der Waals surface area contributed by atoms with E-state index in [0.29, 0.717) is 12.0 Å². The first-order valence-corrected chi connectivity index (χ1v) is 4.70. The third-order valence-corrected chi connectivity index (χ3v) is 2.23. The summed E-state index contributed by atoms with van der Waals surface area (Å²) in [4.78, 5) is 21.2. The van der Waals surface area contributed by atoms with E-state index >= 15 is 0 Å². The van der Waals surface area contributed by atoms with E-state index < -0.39 is 17.9 Å². The molecular formula is C11H11FO4. The predicted molar refractivity (Wildman–Crippen MR) is 53.5 cm³/mol. The van der Waals surface area contributed by atoms with Crippen LogP contribution >= 0.6 is 0 Å². The fourth-order valence-electron chi connectivity index (χ4n) is 1.31. The molecule has 4 nitrogen and oxygen atoms in total. The third kappa shape index (κ3) is 3.34. The van der Waals surface area contributed by atoms with Crippen LogP contribution in [0.1, 0.15) is 12.0 Å². The van der Waals surface area contributed by atoms with Crippen LogP contribution < -0.4 is 0 Å². The third-order valence-electron chi connectivity index (χ3n) is 2.23. The first kappa shape index (κ1) is 12.2. The van der Waals surface area contributed by atoms with Gasteiger partial charge in [0.05, 0.1) is 0 Å². The fraction of sp³-hybridized carbons (Fsp3) is 0.273. The summed E-state index contributed by atoms with van der Waals surface area (Å²) in [5.74, 6) is -4.49. The van der Waals surface area contributed by atoms with Gasteiger partial charge in [0, 0.05) is 0 Å². The largest absolute Gasteiger partial charge is 0.481 e.